The van der Waals surface area contributed by atoms with Crippen molar-refractivity contribution in [3.8, 4) is 0 Å². The largest absolute Gasteiger partial charge is 0.478 e. The van der Waals surface area contributed by atoms with Gasteiger partial charge >= 0.3 is 12.0 Å². The highest BCUT2D eigenvalue weighted by atomic mass is 16.4. The van der Waals surface area contributed by atoms with Crippen LogP contribution in [0, 0.1) is 6.92 Å². The molecule has 1 aromatic rings. The lowest BCUT2D eigenvalue weighted by molar-refractivity contribution is 0.0698. The molecule has 5 nitrogen and oxygen atoms in total. The van der Waals surface area contributed by atoms with E-state index < -0.39 is 5.97 Å². The summed E-state index contributed by atoms with van der Waals surface area (Å²) in [5, 5.41) is 14.5. The van der Waals surface area contributed by atoms with Crippen molar-refractivity contribution >= 4 is 17.7 Å². The fourth-order valence-corrected chi connectivity index (χ4v) is 2.47. The highest BCUT2D eigenvalue weighted by Crippen LogP contribution is 2.21. The standard InChI is InChI=1S/C16H20N2O3/c1-11-5-4-8-13(15(19)20)14(11)18-16(21)17-10-9-12-6-2-3-7-12/h4-6,8H,2-3,7,9-10H2,1H3,(H,19,20)(H2,17,18,21). The first kappa shape index (κ1) is 15.1. The lowest BCUT2D eigenvalue weighted by Gasteiger charge is -2.12. The number of nitrogens with one attached hydrogen (secondary N) is 2. The Morgan fingerprint density at radius 3 is 2.81 bits per heavy atom. The smallest absolute Gasteiger partial charge is 0.337 e. The van der Waals surface area contributed by atoms with E-state index in [9.17, 15) is 9.59 Å². The van der Waals surface area contributed by atoms with Crippen molar-refractivity contribution in [3.63, 3.8) is 0 Å². The second-order valence-corrected chi connectivity index (χ2v) is 5.19. The minimum absolute atomic E-state index is 0.101. The highest BCUT2D eigenvalue weighted by molar-refractivity contribution is 6.00. The van der Waals surface area contributed by atoms with Crippen LogP contribution in [-0.2, 0) is 0 Å². The van der Waals surface area contributed by atoms with Gasteiger partial charge in [-0.2, -0.15) is 0 Å². The van der Waals surface area contributed by atoms with Gasteiger partial charge in [-0.15, -0.1) is 0 Å². The quantitative estimate of drug-likeness (QED) is 0.727. The number of carboxylic acids is 1. The second-order valence-electron chi connectivity index (χ2n) is 5.19. The van der Waals surface area contributed by atoms with Gasteiger partial charge in [0.2, 0.25) is 0 Å². The van der Waals surface area contributed by atoms with Gasteiger partial charge in [0.25, 0.3) is 0 Å². The van der Waals surface area contributed by atoms with Crippen molar-refractivity contribution in [1.82, 2.24) is 5.32 Å². The Morgan fingerprint density at radius 2 is 2.14 bits per heavy atom. The topological polar surface area (TPSA) is 78.4 Å². The number of carbonyl (C=O) groups is 2. The number of aryl methyl sites for hydroxylation is 1. The van der Waals surface area contributed by atoms with E-state index in [1.807, 2.05) is 0 Å². The number of benzene rings is 1. The zero-order chi connectivity index (χ0) is 15.2. The van der Waals surface area contributed by atoms with Gasteiger partial charge in [-0.05, 0) is 44.2 Å². The van der Waals surface area contributed by atoms with E-state index in [-0.39, 0.29) is 11.6 Å². The first-order valence-electron chi connectivity index (χ1n) is 7.13. The molecule has 0 atom stereocenters. The molecule has 0 spiro atoms. The van der Waals surface area contributed by atoms with Crippen molar-refractivity contribution in [2.75, 3.05) is 11.9 Å². The Balaban J connectivity index is 1.91. The summed E-state index contributed by atoms with van der Waals surface area (Å²) >= 11 is 0. The fraction of sp³-hybridized carbons (Fsp3) is 0.375. The number of para-hydroxylation sites is 1. The van der Waals surface area contributed by atoms with E-state index in [1.165, 1.54) is 18.1 Å². The normalized spacial score (nSPS) is 13.7. The lowest BCUT2D eigenvalue weighted by Crippen LogP contribution is -2.30. The van der Waals surface area contributed by atoms with Gasteiger partial charge < -0.3 is 15.7 Å². The van der Waals surface area contributed by atoms with Crippen LogP contribution >= 0.6 is 0 Å². The number of urea groups is 1. The Hall–Kier alpha value is -2.30. The number of rotatable bonds is 5. The first-order valence-corrected chi connectivity index (χ1v) is 7.13. The van der Waals surface area contributed by atoms with Gasteiger partial charge in [-0.25, -0.2) is 9.59 Å². The first-order chi connectivity index (χ1) is 10.1. The molecule has 0 radical (unpaired) electrons. The van der Waals surface area contributed by atoms with Crippen molar-refractivity contribution in [1.29, 1.82) is 0 Å². The molecule has 1 aromatic carbocycles. The fourth-order valence-electron chi connectivity index (χ4n) is 2.47. The van der Waals surface area contributed by atoms with Crippen LogP contribution in [0.25, 0.3) is 0 Å². The number of aromatic carboxylic acids is 1. The summed E-state index contributed by atoms with van der Waals surface area (Å²) in [6.45, 7) is 2.33. The third kappa shape index (κ3) is 4.08. The molecule has 0 unspecified atom stereocenters. The Kier molecular flexibility index (Phi) is 4.98. The molecule has 0 aliphatic heterocycles. The third-order valence-corrected chi connectivity index (χ3v) is 3.61. The van der Waals surface area contributed by atoms with Crippen LogP contribution in [0.2, 0.25) is 0 Å². The van der Waals surface area contributed by atoms with Crippen LogP contribution in [0.1, 0.15) is 41.6 Å². The van der Waals surface area contributed by atoms with Gasteiger partial charge in [0, 0.05) is 6.54 Å². The van der Waals surface area contributed by atoms with Crippen LogP contribution in [0.4, 0.5) is 10.5 Å². The zero-order valence-electron chi connectivity index (χ0n) is 12.1. The van der Waals surface area contributed by atoms with Gasteiger partial charge in [-0.3, -0.25) is 0 Å². The van der Waals surface area contributed by atoms with Crippen molar-refractivity contribution in [2.45, 2.75) is 32.6 Å². The molecule has 0 fully saturated rings. The molecule has 1 aliphatic carbocycles. The van der Waals surface area contributed by atoms with Crippen LogP contribution < -0.4 is 10.6 Å². The summed E-state index contributed by atoms with van der Waals surface area (Å²) in [5.74, 6) is -1.05. The van der Waals surface area contributed by atoms with E-state index in [1.54, 1.807) is 19.1 Å². The number of amides is 2. The summed E-state index contributed by atoms with van der Waals surface area (Å²) in [4.78, 5) is 23.0. The molecule has 21 heavy (non-hydrogen) atoms. The summed E-state index contributed by atoms with van der Waals surface area (Å²) in [5.41, 5.74) is 2.56. The van der Waals surface area contributed by atoms with E-state index in [4.69, 9.17) is 5.11 Å². The molecule has 0 bridgehead atoms. The van der Waals surface area contributed by atoms with E-state index in [0.717, 1.165) is 24.8 Å². The monoisotopic (exact) mass is 288 g/mol. The van der Waals surface area contributed by atoms with Gasteiger partial charge in [0.05, 0.1) is 11.3 Å². The molecule has 1 aliphatic rings. The molecule has 3 N–H and O–H groups in total. The maximum absolute atomic E-state index is 11.9. The van der Waals surface area contributed by atoms with Crippen LogP contribution in [-0.4, -0.2) is 23.7 Å². The lowest BCUT2D eigenvalue weighted by atomic mass is 10.1. The number of hydrogen-bond acceptors (Lipinski definition) is 2. The minimum atomic E-state index is -1.05. The maximum Gasteiger partial charge on any atom is 0.337 e. The van der Waals surface area contributed by atoms with Crippen LogP contribution in [0.3, 0.4) is 0 Å². The van der Waals surface area contributed by atoms with Crippen LogP contribution in [0.15, 0.2) is 29.8 Å². The maximum atomic E-state index is 11.9. The van der Waals surface area contributed by atoms with Crippen molar-refractivity contribution in [2.24, 2.45) is 0 Å². The number of carboxylic acid groups (broad SMARTS) is 1. The Bertz CT molecular complexity index is 579. The Labute approximate surface area is 124 Å². The van der Waals surface area contributed by atoms with Gasteiger partial charge in [0.1, 0.15) is 0 Å². The molecule has 0 aromatic heterocycles. The predicted octanol–water partition coefficient (Wildman–Crippen LogP) is 3.32. The second kappa shape index (κ2) is 6.92. The summed E-state index contributed by atoms with van der Waals surface area (Å²) in [6, 6.07) is 4.54. The molecule has 112 valence electrons. The average molecular weight is 288 g/mol. The number of anilines is 1. The van der Waals surface area contributed by atoms with Gasteiger partial charge in [-0.1, -0.05) is 23.8 Å². The molecule has 5 heteroatoms. The van der Waals surface area contributed by atoms with Crippen LogP contribution in [0.5, 0.6) is 0 Å². The van der Waals surface area contributed by atoms with E-state index in [0.29, 0.717) is 12.2 Å². The Morgan fingerprint density at radius 1 is 1.33 bits per heavy atom. The number of allylic oxidation sites excluding steroid dienone is 1. The molecule has 0 saturated heterocycles. The molecule has 0 saturated carbocycles. The van der Waals surface area contributed by atoms with E-state index in [2.05, 4.69) is 16.7 Å². The summed E-state index contributed by atoms with van der Waals surface area (Å²) in [7, 11) is 0. The van der Waals surface area contributed by atoms with Crippen molar-refractivity contribution in [3.05, 3.63) is 41.0 Å². The zero-order valence-corrected chi connectivity index (χ0v) is 12.1. The van der Waals surface area contributed by atoms with Gasteiger partial charge in [0.15, 0.2) is 0 Å². The molecule has 2 amide bonds. The summed E-state index contributed by atoms with van der Waals surface area (Å²) < 4.78 is 0. The van der Waals surface area contributed by atoms with E-state index >= 15 is 0 Å². The number of carbonyl (C=O) groups excluding carboxylic acids is 1. The molecule has 0 heterocycles. The minimum Gasteiger partial charge on any atom is -0.478 e. The molecular weight excluding hydrogens is 268 g/mol. The average Bonchev–Trinajstić information content (AvgIpc) is 2.94. The molecule has 2 rings (SSSR count). The highest BCUT2D eigenvalue weighted by Gasteiger charge is 2.14. The third-order valence-electron chi connectivity index (χ3n) is 3.61. The summed E-state index contributed by atoms with van der Waals surface area (Å²) in [6.07, 6.45) is 6.53. The predicted molar refractivity (Wildman–Crippen MR) is 81.7 cm³/mol. The SMILES string of the molecule is Cc1cccc(C(=O)O)c1NC(=O)NCCC1=CCCC1. The molecular formula is C16H20N2O3. The number of hydrogen-bond donors (Lipinski definition) is 3. The van der Waals surface area contributed by atoms with Crippen molar-refractivity contribution < 1.29 is 14.7 Å².